The Bertz CT molecular complexity index is 325. The van der Waals surface area contributed by atoms with Crippen LogP contribution in [-0.2, 0) is 9.59 Å². The van der Waals surface area contributed by atoms with Crippen molar-refractivity contribution in [2.24, 2.45) is 11.7 Å². The van der Waals surface area contributed by atoms with Crippen LogP contribution >= 0.6 is 0 Å². The molecule has 5 heteroatoms. The van der Waals surface area contributed by atoms with Gasteiger partial charge in [0.15, 0.2) is 0 Å². The molecule has 0 saturated heterocycles. The van der Waals surface area contributed by atoms with Crippen molar-refractivity contribution in [3.05, 3.63) is 0 Å². The Morgan fingerprint density at radius 2 is 1.81 bits per heavy atom. The second-order valence-electron chi connectivity index (χ2n) is 6.30. The van der Waals surface area contributed by atoms with Gasteiger partial charge < -0.3 is 16.4 Å². The SMILES string of the molecule is CCC(C)NC(=O)CCNC(=O)CCC1CCC(N)CC1. The minimum Gasteiger partial charge on any atom is -0.356 e. The van der Waals surface area contributed by atoms with Crippen LogP contribution in [0.3, 0.4) is 0 Å². The average molecular weight is 297 g/mol. The van der Waals surface area contributed by atoms with Gasteiger partial charge in [-0.15, -0.1) is 0 Å². The second-order valence-corrected chi connectivity index (χ2v) is 6.30. The third-order valence-electron chi connectivity index (χ3n) is 4.37. The minimum atomic E-state index is 0.00548. The van der Waals surface area contributed by atoms with Crippen LogP contribution in [-0.4, -0.2) is 30.4 Å². The van der Waals surface area contributed by atoms with Crippen molar-refractivity contribution in [1.29, 1.82) is 0 Å². The first-order valence-corrected chi connectivity index (χ1v) is 8.32. The van der Waals surface area contributed by atoms with Crippen LogP contribution in [0.25, 0.3) is 0 Å². The lowest BCUT2D eigenvalue weighted by Crippen LogP contribution is -2.35. The van der Waals surface area contributed by atoms with E-state index in [1.807, 2.05) is 13.8 Å². The Labute approximate surface area is 128 Å². The van der Waals surface area contributed by atoms with Crippen LogP contribution in [0.5, 0.6) is 0 Å². The van der Waals surface area contributed by atoms with Crippen molar-refractivity contribution in [2.45, 2.75) is 77.3 Å². The third-order valence-corrected chi connectivity index (χ3v) is 4.37. The zero-order valence-electron chi connectivity index (χ0n) is 13.5. The first-order valence-electron chi connectivity index (χ1n) is 8.32. The quantitative estimate of drug-likeness (QED) is 0.637. The van der Waals surface area contributed by atoms with Crippen LogP contribution in [0.1, 0.15) is 65.2 Å². The molecule has 1 aliphatic rings. The van der Waals surface area contributed by atoms with Crippen LogP contribution < -0.4 is 16.4 Å². The molecule has 0 heterocycles. The number of rotatable bonds is 8. The fourth-order valence-corrected chi connectivity index (χ4v) is 2.67. The molecule has 0 aromatic carbocycles. The van der Waals surface area contributed by atoms with E-state index in [0.717, 1.165) is 38.5 Å². The van der Waals surface area contributed by atoms with Gasteiger partial charge in [0.2, 0.25) is 11.8 Å². The summed E-state index contributed by atoms with van der Waals surface area (Å²) in [6, 6.07) is 0.560. The van der Waals surface area contributed by atoms with Gasteiger partial charge in [-0.05, 0) is 51.4 Å². The topological polar surface area (TPSA) is 84.2 Å². The van der Waals surface area contributed by atoms with Crippen LogP contribution in [0, 0.1) is 5.92 Å². The third kappa shape index (κ3) is 8.05. The summed E-state index contributed by atoms with van der Waals surface area (Å²) in [4.78, 5) is 23.3. The van der Waals surface area contributed by atoms with Crippen LogP contribution in [0.15, 0.2) is 0 Å². The standard InChI is InChI=1S/C16H31N3O2/c1-3-12(2)19-16(21)10-11-18-15(20)9-6-13-4-7-14(17)8-5-13/h12-14H,3-11,17H2,1-2H3,(H,18,20)(H,19,21). The highest BCUT2D eigenvalue weighted by atomic mass is 16.2. The normalized spacial score (nSPS) is 23.4. The summed E-state index contributed by atoms with van der Waals surface area (Å²) in [5, 5.41) is 5.72. The molecule has 0 aromatic heterocycles. The van der Waals surface area contributed by atoms with E-state index in [-0.39, 0.29) is 17.9 Å². The van der Waals surface area contributed by atoms with Crippen molar-refractivity contribution in [3.8, 4) is 0 Å². The van der Waals surface area contributed by atoms with Gasteiger partial charge in [-0.25, -0.2) is 0 Å². The lowest BCUT2D eigenvalue weighted by Gasteiger charge is -2.25. The Hall–Kier alpha value is -1.10. The van der Waals surface area contributed by atoms with E-state index in [2.05, 4.69) is 10.6 Å². The number of carbonyl (C=O) groups is 2. The molecule has 1 saturated carbocycles. The molecule has 0 radical (unpaired) electrons. The molecule has 2 amide bonds. The van der Waals surface area contributed by atoms with E-state index in [1.54, 1.807) is 0 Å². The van der Waals surface area contributed by atoms with Crippen molar-refractivity contribution in [2.75, 3.05) is 6.54 Å². The highest BCUT2D eigenvalue weighted by molar-refractivity contribution is 5.79. The molecule has 1 aliphatic carbocycles. The lowest BCUT2D eigenvalue weighted by molar-refractivity contribution is -0.122. The van der Waals surface area contributed by atoms with E-state index in [4.69, 9.17) is 5.73 Å². The number of hydrogen-bond donors (Lipinski definition) is 3. The number of hydrogen-bond acceptors (Lipinski definition) is 3. The smallest absolute Gasteiger partial charge is 0.221 e. The highest BCUT2D eigenvalue weighted by Gasteiger charge is 2.19. The fraction of sp³-hybridized carbons (Fsp3) is 0.875. The molecular weight excluding hydrogens is 266 g/mol. The molecular formula is C16H31N3O2. The van der Waals surface area contributed by atoms with Gasteiger partial charge in [-0.1, -0.05) is 6.92 Å². The molecule has 1 atom stereocenters. The summed E-state index contributed by atoms with van der Waals surface area (Å²) < 4.78 is 0. The van der Waals surface area contributed by atoms with E-state index in [0.29, 0.717) is 31.3 Å². The first kappa shape index (κ1) is 18.0. The van der Waals surface area contributed by atoms with Crippen LogP contribution in [0.4, 0.5) is 0 Å². The maximum atomic E-state index is 11.7. The maximum absolute atomic E-state index is 11.7. The summed E-state index contributed by atoms with van der Waals surface area (Å²) in [5.74, 6) is 0.705. The summed E-state index contributed by atoms with van der Waals surface area (Å²) in [6.07, 6.45) is 7.24. The Balaban J connectivity index is 2.05. The molecule has 0 bridgehead atoms. The van der Waals surface area contributed by atoms with E-state index in [1.165, 1.54) is 0 Å². The first-order chi connectivity index (χ1) is 10.0. The second kappa shape index (κ2) is 9.77. The molecule has 0 spiro atoms. The van der Waals surface area contributed by atoms with E-state index < -0.39 is 0 Å². The fourth-order valence-electron chi connectivity index (χ4n) is 2.67. The number of amides is 2. The summed E-state index contributed by atoms with van der Waals surface area (Å²) in [6.45, 7) is 4.44. The van der Waals surface area contributed by atoms with E-state index in [9.17, 15) is 9.59 Å². The number of nitrogens with one attached hydrogen (secondary N) is 2. The molecule has 1 rings (SSSR count). The molecule has 1 unspecified atom stereocenters. The van der Waals surface area contributed by atoms with Gasteiger partial charge in [0, 0.05) is 31.5 Å². The van der Waals surface area contributed by atoms with Gasteiger partial charge in [0.05, 0.1) is 0 Å². The maximum Gasteiger partial charge on any atom is 0.221 e. The molecule has 0 aliphatic heterocycles. The van der Waals surface area contributed by atoms with Crippen LogP contribution in [0.2, 0.25) is 0 Å². The van der Waals surface area contributed by atoms with Gasteiger partial charge in [-0.3, -0.25) is 9.59 Å². The highest BCUT2D eigenvalue weighted by Crippen LogP contribution is 2.26. The largest absolute Gasteiger partial charge is 0.356 e. The zero-order valence-corrected chi connectivity index (χ0v) is 13.5. The summed E-state index contributed by atoms with van der Waals surface area (Å²) >= 11 is 0. The van der Waals surface area contributed by atoms with Crippen molar-refractivity contribution >= 4 is 11.8 Å². The lowest BCUT2D eigenvalue weighted by atomic mass is 9.84. The molecule has 5 nitrogen and oxygen atoms in total. The Morgan fingerprint density at radius 3 is 2.43 bits per heavy atom. The van der Waals surface area contributed by atoms with Crippen molar-refractivity contribution in [1.82, 2.24) is 10.6 Å². The van der Waals surface area contributed by atoms with Crippen molar-refractivity contribution in [3.63, 3.8) is 0 Å². The van der Waals surface area contributed by atoms with Gasteiger partial charge in [0.1, 0.15) is 0 Å². The van der Waals surface area contributed by atoms with Crippen molar-refractivity contribution < 1.29 is 9.59 Å². The predicted octanol–water partition coefficient (Wildman–Crippen LogP) is 1.71. The molecule has 122 valence electrons. The zero-order chi connectivity index (χ0) is 15.7. The average Bonchev–Trinajstić information content (AvgIpc) is 2.46. The number of nitrogens with two attached hydrogens (primary N) is 1. The van der Waals surface area contributed by atoms with Gasteiger partial charge >= 0.3 is 0 Å². The Kier molecular flexibility index (Phi) is 8.35. The molecule has 21 heavy (non-hydrogen) atoms. The van der Waals surface area contributed by atoms with Gasteiger partial charge in [0.25, 0.3) is 0 Å². The summed E-state index contributed by atoms with van der Waals surface area (Å²) in [5.41, 5.74) is 5.87. The number of carbonyl (C=O) groups excluding carboxylic acids is 2. The molecule has 4 N–H and O–H groups in total. The predicted molar refractivity (Wildman–Crippen MR) is 84.7 cm³/mol. The molecule has 1 fully saturated rings. The van der Waals surface area contributed by atoms with E-state index >= 15 is 0 Å². The minimum absolute atomic E-state index is 0.00548. The molecule has 0 aromatic rings. The monoisotopic (exact) mass is 297 g/mol. The van der Waals surface area contributed by atoms with Gasteiger partial charge in [-0.2, -0.15) is 0 Å². The summed E-state index contributed by atoms with van der Waals surface area (Å²) in [7, 11) is 0. The Morgan fingerprint density at radius 1 is 1.14 bits per heavy atom.